The summed E-state index contributed by atoms with van der Waals surface area (Å²) in [6.07, 6.45) is 0. The van der Waals surface area contributed by atoms with Gasteiger partial charge >= 0.3 is 0 Å². The van der Waals surface area contributed by atoms with E-state index >= 15 is 0 Å². The molecule has 2 N–H and O–H groups in total. The lowest BCUT2D eigenvalue weighted by Crippen LogP contribution is -2.48. The Bertz CT molecular complexity index is 452. The van der Waals surface area contributed by atoms with Gasteiger partial charge in [-0.1, -0.05) is 39.0 Å². The number of carbonyl (C=O) groups excluding carboxylic acids is 1. The Morgan fingerprint density at radius 1 is 1.35 bits per heavy atom. The van der Waals surface area contributed by atoms with E-state index in [0.717, 1.165) is 11.3 Å². The van der Waals surface area contributed by atoms with Crippen LogP contribution >= 0.6 is 0 Å². The first kappa shape index (κ1) is 16.5. The van der Waals surface area contributed by atoms with Gasteiger partial charge in [-0.3, -0.25) is 4.79 Å². The van der Waals surface area contributed by atoms with Gasteiger partial charge < -0.3 is 15.4 Å². The predicted octanol–water partition coefficient (Wildman–Crippen LogP) is 2.42. The monoisotopic (exact) mass is 278 g/mol. The molecule has 0 aliphatic heterocycles. The van der Waals surface area contributed by atoms with Gasteiger partial charge in [0.1, 0.15) is 5.75 Å². The highest BCUT2D eigenvalue weighted by molar-refractivity contribution is 5.82. The van der Waals surface area contributed by atoms with E-state index in [2.05, 4.69) is 0 Å². The number of rotatable bonds is 5. The molecule has 1 aromatic carbocycles. The summed E-state index contributed by atoms with van der Waals surface area (Å²) in [5.41, 5.74) is 6.77. The van der Waals surface area contributed by atoms with E-state index in [1.54, 1.807) is 11.9 Å². The predicted molar refractivity (Wildman–Crippen MR) is 81.5 cm³/mol. The lowest BCUT2D eigenvalue weighted by molar-refractivity contribution is -0.134. The largest absolute Gasteiger partial charge is 0.494 e. The lowest BCUT2D eigenvalue weighted by atomic mass is 9.86. The van der Waals surface area contributed by atoms with Crippen molar-refractivity contribution in [1.29, 1.82) is 0 Å². The van der Waals surface area contributed by atoms with E-state index in [9.17, 15) is 4.79 Å². The van der Waals surface area contributed by atoms with Crippen molar-refractivity contribution in [3.05, 3.63) is 29.8 Å². The maximum atomic E-state index is 12.3. The molecule has 0 aliphatic rings. The summed E-state index contributed by atoms with van der Waals surface area (Å²) in [7, 11) is 1.77. The fourth-order valence-electron chi connectivity index (χ4n) is 1.87. The van der Waals surface area contributed by atoms with Gasteiger partial charge in [0.2, 0.25) is 5.91 Å². The molecule has 0 spiro atoms. The van der Waals surface area contributed by atoms with Crippen LogP contribution in [0.3, 0.4) is 0 Å². The van der Waals surface area contributed by atoms with Crippen molar-refractivity contribution < 1.29 is 9.53 Å². The molecule has 0 saturated carbocycles. The van der Waals surface area contributed by atoms with Crippen LogP contribution in [0.2, 0.25) is 0 Å². The normalized spacial score (nSPS) is 12.9. The molecule has 0 aromatic heterocycles. The highest BCUT2D eigenvalue weighted by Gasteiger charge is 2.29. The average Bonchev–Trinajstić information content (AvgIpc) is 2.38. The number of hydrogen-bond donors (Lipinski definition) is 1. The summed E-state index contributed by atoms with van der Waals surface area (Å²) in [5.74, 6) is 0.766. The summed E-state index contributed by atoms with van der Waals surface area (Å²) in [6.45, 7) is 8.96. The average molecular weight is 278 g/mol. The molecular formula is C16H26N2O2. The third kappa shape index (κ3) is 4.23. The van der Waals surface area contributed by atoms with Crippen molar-refractivity contribution in [3.63, 3.8) is 0 Å². The molecule has 20 heavy (non-hydrogen) atoms. The molecule has 0 heterocycles. The van der Waals surface area contributed by atoms with Gasteiger partial charge in [-0.2, -0.15) is 0 Å². The highest BCUT2D eigenvalue weighted by Crippen LogP contribution is 2.22. The van der Waals surface area contributed by atoms with Crippen molar-refractivity contribution in [3.8, 4) is 5.75 Å². The Kier molecular flexibility index (Phi) is 5.57. The van der Waals surface area contributed by atoms with Crippen LogP contribution in [-0.2, 0) is 11.3 Å². The number of benzene rings is 1. The van der Waals surface area contributed by atoms with Crippen LogP contribution in [0.5, 0.6) is 5.75 Å². The van der Waals surface area contributed by atoms with E-state index in [1.165, 1.54) is 0 Å². The van der Waals surface area contributed by atoms with E-state index in [4.69, 9.17) is 10.5 Å². The molecule has 1 rings (SSSR count). The third-order valence-corrected chi connectivity index (χ3v) is 3.26. The SMILES string of the molecule is CCOc1ccccc1CN(C)C(=O)[C@@H](N)C(C)(C)C. The second-order valence-corrected chi connectivity index (χ2v) is 6.08. The zero-order valence-corrected chi connectivity index (χ0v) is 13.1. The van der Waals surface area contributed by atoms with Crippen LogP contribution in [0.4, 0.5) is 0 Å². The minimum atomic E-state index is -0.508. The van der Waals surface area contributed by atoms with E-state index in [1.807, 2.05) is 52.0 Å². The minimum absolute atomic E-state index is 0.0520. The number of nitrogens with two attached hydrogens (primary N) is 1. The molecule has 0 fully saturated rings. The fraction of sp³-hybridized carbons (Fsp3) is 0.562. The zero-order chi connectivity index (χ0) is 15.3. The Balaban J connectivity index is 2.80. The molecule has 0 saturated heterocycles. The summed E-state index contributed by atoms with van der Waals surface area (Å²) in [5, 5.41) is 0. The lowest BCUT2D eigenvalue weighted by Gasteiger charge is -2.30. The number of hydrogen-bond acceptors (Lipinski definition) is 3. The second kappa shape index (κ2) is 6.75. The molecule has 1 atom stereocenters. The standard InChI is InChI=1S/C16H26N2O2/c1-6-20-13-10-8-7-9-12(13)11-18(5)15(19)14(17)16(2,3)4/h7-10,14H,6,11,17H2,1-5H3/t14-/m1/s1. The Hall–Kier alpha value is -1.55. The maximum Gasteiger partial charge on any atom is 0.240 e. The quantitative estimate of drug-likeness (QED) is 0.900. The molecule has 4 nitrogen and oxygen atoms in total. The first-order chi connectivity index (χ1) is 9.27. The summed E-state index contributed by atoms with van der Waals surface area (Å²) in [4.78, 5) is 14.0. The van der Waals surface area contributed by atoms with Crippen molar-refractivity contribution >= 4 is 5.91 Å². The van der Waals surface area contributed by atoms with Crippen LogP contribution in [0.1, 0.15) is 33.3 Å². The first-order valence-corrected chi connectivity index (χ1v) is 6.98. The number of nitrogens with zero attached hydrogens (tertiary/aromatic N) is 1. The molecule has 1 amide bonds. The van der Waals surface area contributed by atoms with Gasteiger partial charge in [-0.05, 0) is 18.4 Å². The molecule has 0 unspecified atom stereocenters. The van der Waals surface area contributed by atoms with Crippen molar-refractivity contribution in [1.82, 2.24) is 4.90 Å². The number of likely N-dealkylation sites (N-methyl/N-ethyl adjacent to an activating group) is 1. The molecule has 0 aliphatic carbocycles. The number of amides is 1. The van der Waals surface area contributed by atoms with Gasteiger partial charge in [-0.15, -0.1) is 0 Å². The topological polar surface area (TPSA) is 55.6 Å². The van der Waals surface area contributed by atoms with Gasteiger partial charge in [-0.25, -0.2) is 0 Å². The molecule has 4 heteroatoms. The van der Waals surface area contributed by atoms with Crippen LogP contribution in [-0.4, -0.2) is 30.5 Å². The molecule has 1 aromatic rings. The second-order valence-electron chi connectivity index (χ2n) is 6.08. The van der Waals surface area contributed by atoms with Crippen LogP contribution in [0, 0.1) is 5.41 Å². The molecule has 112 valence electrons. The van der Waals surface area contributed by atoms with Gasteiger partial charge in [0.15, 0.2) is 0 Å². The highest BCUT2D eigenvalue weighted by atomic mass is 16.5. The van der Waals surface area contributed by atoms with Crippen LogP contribution in [0.15, 0.2) is 24.3 Å². The Morgan fingerprint density at radius 3 is 2.50 bits per heavy atom. The molecule has 0 radical (unpaired) electrons. The van der Waals surface area contributed by atoms with Crippen molar-refractivity contribution in [2.24, 2.45) is 11.1 Å². The third-order valence-electron chi connectivity index (χ3n) is 3.26. The van der Waals surface area contributed by atoms with E-state index in [0.29, 0.717) is 13.2 Å². The maximum absolute atomic E-state index is 12.3. The van der Waals surface area contributed by atoms with E-state index in [-0.39, 0.29) is 11.3 Å². The minimum Gasteiger partial charge on any atom is -0.494 e. The van der Waals surface area contributed by atoms with Gasteiger partial charge in [0.05, 0.1) is 12.6 Å². The van der Waals surface area contributed by atoms with Gasteiger partial charge in [0.25, 0.3) is 0 Å². The number of para-hydroxylation sites is 1. The molecule has 0 bridgehead atoms. The number of ether oxygens (including phenoxy) is 1. The first-order valence-electron chi connectivity index (χ1n) is 6.98. The Morgan fingerprint density at radius 2 is 1.95 bits per heavy atom. The molecular weight excluding hydrogens is 252 g/mol. The van der Waals surface area contributed by atoms with Crippen molar-refractivity contribution in [2.45, 2.75) is 40.3 Å². The zero-order valence-electron chi connectivity index (χ0n) is 13.1. The van der Waals surface area contributed by atoms with E-state index < -0.39 is 6.04 Å². The Labute approximate surface area is 121 Å². The summed E-state index contributed by atoms with van der Waals surface area (Å²) >= 11 is 0. The summed E-state index contributed by atoms with van der Waals surface area (Å²) < 4.78 is 5.58. The van der Waals surface area contributed by atoms with Crippen LogP contribution < -0.4 is 10.5 Å². The van der Waals surface area contributed by atoms with Crippen molar-refractivity contribution in [2.75, 3.05) is 13.7 Å². The van der Waals surface area contributed by atoms with Crippen LogP contribution in [0.25, 0.3) is 0 Å². The fourth-order valence-corrected chi connectivity index (χ4v) is 1.87. The smallest absolute Gasteiger partial charge is 0.240 e. The number of carbonyl (C=O) groups is 1. The summed E-state index contributed by atoms with van der Waals surface area (Å²) in [6, 6.07) is 7.25. The van der Waals surface area contributed by atoms with Gasteiger partial charge in [0, 0.05) is 19.2 Å².